The van der Waals surface area contributed by atoms with Gasteiger partial charge in [0.15, 0.2) is 0 Å². The molecule has 4 aliphatic carbocycles. The molecule has 1 aliphatic heterocycles. The van der Waals surface area contributed by atoms with E-state index in [2.05, 4.69) is 10.2 Å². The summed E-state index contributed by atoms with van der Waals surface area (Å²) in [5.41, 5.74) is 0.727. The van der Waals surface area contributed by atoms with Gasteiger partial charge in [-0.2, -0.15) is 0 Å². The highest BCUT2D eigenvalue weighted by Gasteiger charge is 2.50. The van der Waals surface area contributed by atoms with Gasteiger partial charge in [-0.3, -0.25) is 0 Å². The summed E-state index contributed by atoms with van der Waals surface area (Å²) >= 11 is 0. The van der Waals surface area contributed by atoms with Crippen molar-refractivity contribution in [3.05, 3.63) is 0 Å². The topological polar surface area (TPSA) is 15.3 Å². The van der Waals surface area contributed by atoms with Crippen LogP contribution in [0.2, 0.25) is 0 Å². The van der Waals surface area contributed by atoms with Crippen molar-refractivity contribution in [3.63, 3.8) is 0 Å². The van der Waals surface area contributed by atoms with Crippen molar-refractivity contribution < 1.29 is 0 Å². The van der Waals surface area contributed by atoms with E-state index < -0.39 is 0 Å². The average molecular weight is 391 g/mol. The lowest BCUT2D eigenvalue weighted by molar-refractivity contribution is -0.0512. The highest BCUT2D eigenvalue weighted by molar-refractivity contribution is 5.85. The van der Waals surface area contributed by atoms with E-state index in [0.717, 1.165) is 23.2 Å². The number of hydrogen-bond donors (Lipinski definition) is 1. The van der Waals surface area contributed by atoms with Crippen molar-refractivity contribution in [1.29, 1.82) is 0 Å². The maximum Gasteiger partial charge on any atom is 0.000811 e. The Morgan fingerprint density at radius 1 is 0.760 bits per heavy atom. The van der Waals surface area contributed by atoms with Gasteiger partial charge in [-0.15, -0.1) is 24.8 Å². The van der Waals surface area contributed by atoms with Crippen LogP contribution in [0.4, 0.5) is 0 Å². The maximum absolute atomic E-state index is 3.86. The van der Waals surface area contributed by atoms with Gasteiger partial charge in [-0.05, 0) is 114 Å². The van der Waals surface area contributed by atoms with Gasteiger partial charge in [-0.1, -0.05) is 12.8 Å². The SMILES string of the molecule is C(CCCN1CCCC1)CCNCC12CC3CC(CC(C3)C1)C2.Cl.Cl. The molecule has 0 unspecified atom stereocenters. The van der Waals surface area contributed by atoms with Gasteiger partial charge in [0.05, 0.1) is 0 Å². The van der Waals surface area contributed by atoms with E-state index in [1.54, 1.807) is 38.5 Å². The normalized spacial score (nSPS) is 36.2. The third-order valence-corrected chi connectivity index (χ3v) is 7.44. The molecule has 0 radical (unpaired) electrons. The standard InChI is InChI=1S/C21H38N2.2ClH/c1(2-4-8-23-9-5-6-10-23)3-7-22-17-21-14-18-11-19(15-21)13-20(12-18)16-21;;/h18-20,22H,1-17H2;2*1H. The minimum Gasteiger partial charge on any atom is -0.316 e. The number of unbranched alkanes of at least 4 members (excludes halogenated alkanes) is 3. The summed E-state index contributed by atoms with van der Waals surface area (Å²) in [5.74, 6) is 3.32. The van der Waals surface area contributed by atoms with Crippen LogP contribution in [0.25, 0.3) is 0 Å². The van der Waals surface area contributed by atoms with Gasteiger partial charge in [-0.25, -0.2) is 0 Å². The van der Waals surface area contributed by atoms with Gasteiger partial charge < -0.3 is 10.2 Å². The quantitative estimate of drug-likeness (QED) is 0.537. The van der Waals surface area contributed by atoms with E-state index in [9.17, 15) is 0 Å². The fraction of sp³-hybridized carbons (Fsp3) is 1.00. The Morgan fingerprint density at radius 3 is 1.92 bits per heavy atom. The summed E-state index contributed by atoms with van der Waals surface area (Å²) in [4.78, 5) is 2.66. The molecule has 0 aromatic heterocycles. The molecule has 5 rings (SSSR count). The molecule has 0 aromatic carbocycles. The second-order valence-corrected chi connectivity index (χ2v) is 9.56. The zero-order chi connectivity index (χ0) is 15.5. The predicted molar refractivity (Wildman–Crippen MR) is 112 cm³/mol. The van der Waals surface area contributed by atoms with E-state index in [1.165, 1.54) is 71.2 Å². The fourth-order valence-electron chi connectivity index (χ4n) is 6.81. The van der Waals surface area contributed by atoms with Crippen LogP contribution in [-0.2, 0) is 0 Å². The molecule has 25 heavy (non-hydrogen) atoms. The van der Waals surface area contributed by atoms with Crippen molar-refractivity contribution in [2.24, 2.45) is 23.2 Å². The Hall–Kier alpha value is 0.500. The molecule has 4 heteroatoms. The largest absolute Gasteiger partial charge is 0.316 e. The highest BCUT2D eigenvalue weighted by Crippen LogP contribution is 2.59. The average Bonchev–Trinajstić information content (AvgIpc) is 3.02. The minimum atomic E-state index is 0. The first-order valence-corrected chi connectivity index (χ1v) is 10.7. The third-order valence-electron chi connectivity index (χ3n) is 7.44. The molecule has 148 valence electrons. The number of nitrogens with one attached hydrogen (secondary N) is 1. The van der Waals surface area contributed by atoms with E-state index >= 15 is 0 Å². The van der Waals surface area contributed by atoms with Crippen LogP contribution in [0.1, 0.15) is 77.0 Å². The molecule has 4 saturated carbocycles. The van der Waals surface area contributed by atoms with E-state index in [1.807, 2.05) is 0 Å². The molecular weight excluding hydrogens is 351 g/mol. The molecule has 5 fully saturated rings. The zero-order valence-electron chi connectivity index (χ0n) is 16.0. The van der Waals surface area contributed by atoms with Crippen LogP contribution in [0.5, 0.6) is 0 Å². The highest BCUT2D eigenvalue weighted by atomic mass is 35.5. The molecule has 1 N–H and O–H groups in total. The van der Waals surface area contributed by atoms with Gasteiger partial charge in [0.1, 0.15) is 0 Å². The molecule has 2 nitrogen and oxygen atoms in total. The molecule has 0 atom stereocenters. The number of likely N-dealkylation sites (tertiary alicyclic amines) is 1. The molecule has 5 aliphatic rings. The summed E-state index contributed by atoms with van der Waals surface area (Å²) in [5, 5.41) is 3.86. The molecule has 0 spiro atoms. The first-order valence-electron chi connectivity index (χ1n) is 10.7. The lowest BCUT2D eigenvalue weighted by atomic mass is 9.49. The van der Waals surface area contributed by atoms with Crippen LogP contribution in [0.3, 0.4) is 0 Å². The van der Waals surface area contributed by atoms with E-state index in [4.69, 9.17) is 0 Å². The van der Waals surface area contributed by atoms with E-state index in [-0.39, 0.29) is 24.8 Å². The van der Waals surface area contributed by atoms with Crippen molar-refractivity contribution in [2.45, 2.75) is 77.0 Å². The van der Waals surface area contributed by atoms with Crippen LogP contribution in [0.15, 0.2) is 0 Å². The van der Waals surface area contributed by atoms with E-state index in [0.29, 0.717) is 0 Å². The number of rotatable bonds is 9. The molecule has 4 bridgehead atoms. The first kappa shape index (κ1) is 21.8. The zero-order valence-corrected chi connectivity index (χ0v) is 17.6. The number of halogens is 2. The first-order chi connectivity index (χ1) is 11.3. The Kier molecular flexibility index (Phi) is 8.85. The Balaban J connectivity index is 0.00000113. The number of hydrogen-bond acceptors (Lipinski definition) is 2. The van der Waals surface area contributed by atoms with Gasteiger partial charge in [0.2, 0.25) is 0 Å². The molecular formula is C21H40Cl2N2. The summed E-state index contributed by atoms with van der Waals surface area (Å²) in [6, 6.07) is 0. The Labute approximate surface area is 168 Å². The summed E-state index contributed by atoms with van der Waals surface area (Å²) in [6.45, 7) is 6.70. The Bertz CT molecular complexity index is 347. The van der Waals surface area contributed by atoms with Crippen LogP contribution in [-0.4, -0.2) is 37.6 Å². The summed E-state index contributed by atoms with van der Waals surface area (Å²) in [7, 11) is 0. The lowest BCUT2D eigenvalue weighted by Gasteiger charge is -2.57. The second-order valence-electron chi connectivity index (χ2n) is 9.56. The smallest absolute Gasteiger partial charge is 0.000811 e. The molecule has 1 saturated heterocycles. The molecule has 0 amide bonds. The van der Waals surface area contributed by atoms with Gasteiger partial charge >= 0.3 is 0 Å². The van der Waals surface area contributed by atoms with Gasteiger partial charge in [0, 0.05) is 6.54 Å². The third kappa shape index (κ3) is 5.74. The number of nitrogens with zero attached hydrogens (tertiary/aromatic N) is 1. The maximum atomic E-state index is 3.86. The van der Waals surface area contributed by atoms with Crippen molar-refractivity contribution in [2.75, 3.05) is 32.7 Å². The van der Waals surface area contributed by atoms with Crippen molar-refractivity contribution in [1.82, 2.24) is 10.2 Å². The van der Waals surface area contributed by atoms with Crippen molar-refractivity contribution in [3.8, 4) is 0 Å². The van der Waals surface area contributed by atoms with Gasteiger partial charge in [0.25, 0.3) is 0 Å². The predicted octanol–water partition coefficient (Wildman–Crippen LogP) is 5.29. The lowest BCUT2D eigenvalue weighted by Crippen LogP contribution is -2.50. The van der Waals surface area contributed by atoms with Crippen LogP contribution >= 0.6 is 24.8 Å². The summed E-state index contributed by atoms with van der Waals surface area (Å²) < 4.78 is 0. The van der Waals surface area contributed by atoms with Crippen LogP contribution in [0, 0.1) is 23.2 Å². The molecule has 1 heterocycles. The monoisotopic (exact) mass is 390 g/mol. The second kappa shape index (κ2) is 10.2. The minimum absolute atomic E-state index is 0. The van der Waals surface area contributed by atoms with Crippen molar-refractivity contribution >= 4 is 24.8 Å². The summed E-state index contributed by atoms with van der Waals surface area (Å²) in [6.07, 6.45) is 18.0. The molecule has 0 aromatic rings. The fourth-order valence-corrected chi connectivity index (χ4v) is 6.81. The van der Waals surface area contributed by atoms with Crippen LogP contribution < -0.4 is 5.32 Å². The Morgan fingerprint density at radius 2 is 1.32 bits per heavy atom.